The van der Waals surface area contributed by atoms with Gasteiger partial charge in [-0.05, 0) is 43.4 Å². The van der Waals surface area contributed by atoms with E-state index in [9.17, 15) is 14.7 Å². The quantitative estimate of drug-likeness (QED) is 0.626. The molecular weight excluding hydrogens is 362 g/mol. The van der Waals surface area contributed by atoms with Gasteiger partial charge >= 0.3 is 0 Å². The zero-order chi connectivity index (χ0) is 19.8. The van der Waals surface area contributed by atoms with Crippen LogP contribution in [0.25, 0.3) is 0 Å². The minimum absolute atomic E-state index is 0.00361. The standard InChI is InChI=1S/C20H29N3O5/c24-13-18-17(23-20(26)15-5-9-27-10-6-15)2-1-16(28-18)11-19(25)22-12-14-3-7-21-8-4-14/h3-4,7-8,15-18,24H,1-2,5-6,9-13H2,(H,22,25)(H,23,26)/t16-,17-,18+/m1/s1. The monoisotopic (exact) mass is 391 g/mol. The van der Waals surface area contributed by atoms with Crippen molar-refractivity contribution in [2.45, 2.75) is 56.9 Å². The van der Waals surface area contributed by atoms with Crippen LogP contribution in [0.1, 0.15) is 37.7 Å². The molecule has 8 heteroatoms. The Balaban J connectivity index is 1.43. The highest BCUT2D eigenvalue weighted by Crippen LogP contribution is 2.23. The van der Waals surface area contributed by atoms with Gasteiger partial charge in [0, 0.05) is 38.1 Å². The summed E-state index contributed by atoms with van der Waals surface area (Å²) in [5.74, 6) is -0.128. The molecule has 8 nitrogen and oxygen atoms in total. The van der Waals surface area contributed by atoms with E-state index in [-0.39, 0.29) is 42.9 Å². The molecule has 0 aromatic carbocycles. The molecule has 1 aromatic rings. The molecule has 1 aromatic heterocycles. The van der Waals surface area contributed by atoms with E-state index in [4.69, 9.17) is 9.47 Å². The van der Waals surface area contributed by atoms with Crippen LogP contribution in [0.3, 0.4) is 0 Å². The molecule has 2 amide bonds. The first kappa shape index (κ1) is 20.7. The van der Waals surface area contributed by atoms with Crippen LogP contribution in [-0.4, -0.2) is 60.0 Å². The van der Waals surface area contributed by atoms with E-state index in [2.05, 4.69) is 15.6 Å². The van der Waals surface area contributed by atoms with Crippen LogP contribution < -0.4 is 10.6 Å². The van der Waals surface area contributed by atoms with Gasteiger partial charge in [-0.3, -0.25) is 14.6 Å². The second kappa shape index (κ2) is 10.5. The fourth-order valence-electron chi connectivity index (χ4n) is 3.69. The number of aliphatic hydroxyl groups excluding tert-OH is 1. The smallest absolute Gasteiger partial charge is 0.223 e. The van der Waals surface area contributed by atoms with Gasteiger partial charge in [0.25, 0.3) is 0 Å². The fourth-order valence-corrected chi connectivity index (χ4v) is 3.69. The Bertz CT molecular complexity index is 636. The number of hydrogen-bond donors (Lipinski definition) is 3. The lowest BCUT2D eigenvalue weighted by molar-refractivity contribution is -0.139. The molecule has 2 fully saturated rings. The SMILES string of the molecule is O=C(C[C@H]1CC[C@@H](NC(=O)C2CCOCC2)[C@H](CO)O1)NCc1ccncc1. The van der Waals surface area contributed by atoms with Crippen LogP contribution in [0.5, 0.6) is 0 Å². The summed E-state index contributed by atoms with van der Waals surface area (Å²) in [7, 11) is 0. The van der Waals surface area contributed by atoms with E-state index < -0.39 is 6.10 Å². The Hall–Kier alpha value is -2.03. The normalized spacial score (nSPS) is 25.8. The largest absolute Gasteiger partial charge is 0.394 e. The lowest BCUT2D eigenvalue weighted by atomic mass is 9.94. The molecule has 0 radical (unpaired) electrons. The van der Waals surface area contributed by atoms with Crippen LogP contribution in [-0.2, 0) is 25.6 Å². The van der Waals surface area contributed by atoms with Crippen molar-refractivity contribution in [3.8, 4) is 0 Å². The van der Waals surface area contributed by atoms with Crippen molar-refractivity contribution in [3.63, 3.8) is 0 Å². The van der Waals surface area contributed by atoms with Crippen LogP contribution >= 0.6 is 0 Å². The molecule has 0 aliphatic carbocycles. The number of rotatable bonds is 7. The van der Waals surface area contributed by atoms with E-state index in [1.165, 1.54) is 0 Å². The average molecular weight is 391 g/mol. The van der Waals surface area contributed by atoms with Gasteiger partial charge in [-0.2, -0.15) is 0 Å². The first-order valence-corrected chi connectivity index (χ1v) is 9.95. The Morgan fingerprint density at radius 1 is 1.14 bits per heavy atom. The van der Waals surface area contributed by atoms with Crippen molar-refractivity contribution in [1.82, 2.24) is 15.6 Å². The Labute approximate surface area is 165 Å². The number of hydrogen-bond acceptors (Lipinski definition) is 6. The molecule has 2 saturated heterocycles. The summed E-state index contributed by atoms with van der Waals surface area (Å²) >= 11 is 0. The molecule has 3 rings (SSSR count). The number of nitrogens with one attached hydrogen (secondary N) is 2. The highest BCUT2D eigenvalue weighted by atomic mass is 16.5. The Morgan fingerprint density at radius 2 is 1.89 bits per heavy atom. The molecular formula is C20H29N3O5. The van der Waals surface area contributed by atoms with E-state index in [0.29, 0.717) is 32.6 Å². The van der Waals surface area contributed by atoms with Gasteiger partial charge in [0.15, 0.2) is 0 Å². The van der Waals surface area contributed by atoms with Crippen molar-refractivity contribution < 1.29 is 24.2 Å². The lowest BCUT2D eigenvalue weighted by Gasteiger charge is -2.37. The Kier molecular flexibility index (Phi) is 7.76. The van der Waals surface area contributed by atoms with Gasteiger partial charge in [0.2, 0.25) is 11.8 Å². The van der Waals surface area contributed by atoms with Gasteiger partial charge in [0.05, 0.1) is 25.2 Å². The van der Waals surface area contributed by atoms with Crippen LogP contribution in [0.4, 0.5) is 0 Å². The van der Waals surface area contributed by atoms with Crippen molar-refractivity contribution in [1.29, 1.82) is 0 Å². The van der Waals surface area contributed by atoms with Crippen molar-refractivity contribution in [2.24, 2.45) is 5.92 Å². The predicted molar refractivity (Wildman–Crippen MR) is 101 cm³/mol. The van der Waals surface area contributed by atoms with Gasteiger partial charge in [-0.15, -0.1) is 0 Å². The van der Waals surface area contributed by atoms with Gasteiger partial charge in [0.1, 0.15) is 6.10 Å². The molecule has 0 spiro atoms. The summed E-state index contributed by atoms with van der Waals surface area (Å²) in [5, 5.41) is 15.6. The van der Waals surface area contributed by atoms with Gasteiger partial charge in [-0.1, -0.05) is 0 Å². The molecule has 3 atom stereocenters. The molecule has 2 aliphatic heterocycles. The maximum absolute atomic E-state index is 12.4. The summed E-state index contributed by atoms with van der Waals surface area (Å²) in [4.78, 5) is 28.6. The third-order valence-electron chi connectivity index (χ3n) is 5.37. The van der Waals surface area contributed by atoms with E-state index >= 15 is 0 Å². The summed E-state index contributed by atoms with van der Waals surface area (Å²) in [6.45, 7) is 1.48. The van der Waals surface area contributed by atoms with Crippen molar-refractivity contribution >= 4 is 11.8 Å². The molecule has 0 saturated carbocycles. The van der Waals surface area contributed by atoms with Crippen molar-refractivity contribution in [2.75, 3.05) is 19.8 Å². The van der Waals surface area contributed by atoms with Gasteiger partial charge in [-0.25, -0.2) is 0 Å². The minimum atomic E-state index is -0.490. The minimum Gasteiger partial charge on any atom is -0.394 e. The maximum atomic E-state index is 12.4. The predicted octanol–water partition coefficient (Wildman–Crippen LogP) is 0.539. The number of pyridine rings is 1. The second-order valence-corrected chi connectivity index (χ2v) is 7.39. The molecule has 28 heavy (non-hydrogen) atoms. The number of aliphatic hydroxyl groups is 1. The number of carbonyl (C=O) groups is 2. The Morgan fingerprint density at radius 3 is 2.61 bits per heavy atom. The van der Waals surface area contributed by atoms with Gasteiger partial charge < -0.3 is 25.2 Å². The first-order chi connectivity index (χ1) is 13.7. The molecule has 3 N–H and O–H groups in total. The zero-order valence-corrected chi connectivity index (χ0v) is 16.0. The second-order valence-electron chi connectivity index (χ2n) is 7.39. The van der Waals surface area contributed by atoms with E-state index in [1.54, 1.807) is 12.4 Å². The van der Waals surface area contributed by atoms with E-state index in [1.807, 2.05) is 12.1 Å². The number of aromatic nitrogens is 1. The average Bonchev–Trinajstić information content (AvgIpc) is 2.74. The number of nitrogens with zero attached hydrogens (tertiary/aromatic N) is 1. The number of amides is 2. The molecule has 0 bridgehead atoms. The van der Waals surface area contributed by atoms with Crippen molar-refractivity contribution in [3.05, 3.63) is 30.1 Å². The molecule has 2 aliphatic rings. The number of ether oxygens (including phenoxy) is 2. The first-order valence-electron chi connectivity index (χ1n) is 9.95. The summed E-state index contributed by atoms with van der Waals surface area (Å²) in [6.07, 6.45) is 5.66. The van der Waals surface area contributed by atoms with Crippen LogP contribution in [0, 0.1) is 5.92 Å². The third-order valence-corrected chi connectivity index (χ3v) is 5.37. The molecule has 3 heterocycles. The summed E-state index contributed by atoms with van der Waals surface area (Å²) < 4.78 is 11.2. The highest BCUT2D eigenvalue weighted by Gasteiger charge is 2.34. The topological polar surface area (TPSA) is 110 Å². The number of carbonyl (C=O) groups excluding carboxylic acids is 2. The zero-order valence-electron chi connectivity index (χ0n) is 16.0. The fraction of sp³-hybridized carbons (Fsp3) is 0.650. The summed E-state index contributed by atoms with van der Waals surface area (Å²) in [6, 6.07) is 3.48. The van der Waals surface area contributed by atoms with Crippen LogP contribution in [0.15, 0.2) is 24.5 Å². The highest BCUT2D eigenvalue weighted by molar-refractivity contribution is 5.79. The van der Waals surface area contributed by atoms with Crippen LogP contribution in [0.2, 0.25) is 0 Å². The maximum Gasteiger partial charge on any atom is 0.223 e. The van der Waals surface area contributed by atoms with E-state index in [0.717, 1.165) is 18.4 Å². The molecule has 154 valence electrons. The lowest BCUT2D eigenvalue weighted by Crippen LogP contribution is -2.53. The third kappa shape index (κ3) is 5.98. The summed E-state index contributed by atoms with van der Waals surface area (Å²) in [5.41, 5.74) is 0.983. The molecule has 0 unspecified atom stereocenters.